The lowest BCUT2D eigenvalue weighted by molar-refractivity contribution is 0.523. The molecule has 0 fully saturated rings. The van der Waals surface area contributed by atoms with Crippen LogP contribution in [0.5, 0.6) is 0 Å². The summed E-state index contributed by atoms with van der Waals surface area (Å²) in [6.07, 6.45) is 0. The number of hydrogen-bond acceptors (Lipinski definition) is 2. The van der Waals surface area contributed by atoms with E-state index in [4.69, 9.17) is 5.73 Å². The van der Waals surface area contributed by atoms with Crippen molar-refractivity contribution in [1.82, 2.24) is 5.32 Å². The summed E-state index contributed by atoms with van der Waals surface area (Å²) in [7, 11) is 0. The van der Waals surface area contributed by atoms with Crippen LogP contribution in [0.25, 0.3) is 10.8 Å². The fraction of sp³-hybridized carbons (Fsp3) is 0.333. The highest BCUT2D eigenvalue weighted by Gasteiger charge is 2.01. The van der Waals surface area contributed by atoms with E-state index in [1.165, 1.54) is 16.3 Å². The maximum Gasteiger partial charge on any atom is 0.0211 e. The smallest absolute Gasteiger partial charge is 0.0211 e. The van der Waals surface area contributed by atoms with Crippen LogP contribution >= 0.6 is 0 Å². The first-order chi connectivity index (χ1) is 8.31. The summed E-state index contributed by atoms with van der Waals surface area (Å²) >= 11 is 0. The molecule has 0 aliphatic heterocycles. The monoisotopic (exact) mass is 228 g/mol. The maximum absolute atomic E-state index is 5.60. The van der Waals surface area contributed by atoms with Crippen molar-refractivity contribution in [3.05, 3.63) is 48.0 Å². The minimum absolute atomic E-state index is 0.532. The molecule has 1 unspecified atom stereocenters. The fourth-order valence-electron chi connectivity index (χ4n) is 1.98. The summed E-state index contributed by atoms with van der Waals surface area (Å²) in [5, 5.41) is 6.10. The van der Waals surface area contributed by atoms with Crippen LogP contribution < -0.4 is 11.1 Å². The van der Waals surface area contributed by atoms with Crippen LogP contribution in [0.3, 0.4) is 0 Å². The van der Waals surface area contributed by atoms with Crippen LogP contribution in [-0.4, -0.2) is 13.1 Å². The van der Waals surface area contributed by atoms with E-state index in [-0.39, 0.29) is 0 Å². The Balaban J connectivity index is 2.08. The molecule has 0 heterocycles. The second kappa shape index (κ2) is 5.80. The van der Waals surface area contributed by atoms with E-state index in [9.17, 15) is 0 Å². The molecule has 0 aliphatic rings. The van der Waals surface area contributed by atoms with E-state index in [1.54, 1.807) is 0 Å². The summed E-state index contributed by atoms with van der Waals surface area (Å²) in [6.45, 7) is 4.78. The Hall–Kier alpha value is -1.38. The van der Waals surface area contributed by atoms with Gasteiger partial charge in [0.1, 0.15) is 0 Å². The maximum atomic E-state index is 5.60. The predicted molar refractivity (Wildman–Crippen MR) is 73.9 cm³/mol. The molecule has 2 aromatic rings. The topological polar surface area (TPSA) is 38.0 Å². The van der Waals surface area contributed by atoms with Gasteiger partial charge in [-0.2, -0.15) is 0 Å². The van der Waals surface area contributed by atoms with Crippen LogP contribution in [0.4, 0.5) is 0 Å². The fourth-order valence-corrected chi connectivity index (χ4v) is 1.98. The van der Waals surface area contributed by atoms with E-state index < -0.39 is 0 Å². The second-order valence-electron chi connectivity index (χ2n) is 4.61. The summed E-state index contributed by atoms with van der Waals surface area (Å²) in [6, 6.07) is 15.0. The quantitative estimate of drug-likeness (QED) is 0.825. The molecule has 0 radical (unpaired) electrons. The van der Waals surface area contributed by atoms with Crippen LogP contribution in [-0.2, 0) is 6.54 Å². The normalized spacial score (nSPS) is 12.8. The van der Waals surface area contributed by atoms with Crippen molar-refractivity contribution < 1.29 is 0 Å². The van der Waals surface area contributed by atoms with Gasteiger partial charge in [0.25, 0.3) is 0 Å². The van der Waals surface area contributed by atoms with Crippen molar-refractivity contribution in [2.45, 2.75) is 13.5 Å². The van der Waals surface area contributed by atoms with Crippen molar-refractivity contribution >= 4 is 10.8 Å². The highest BCUT2D eigenvalue weighted by atomic mass is 14.9. The zero-order valence-electron chi connectivity index (χ0n) is 10.3. The Labute approximate surface area is 103 Å². The van der Waals surface area contributed by atoms with Gasteiger partial charge in [0.15, 0.2) is 0 Å². The molecule has 0 aliphatic carbocycles. The number of hydrogen-bond donors (Lipinski definition) is 2. The summed E-state index contributed by atoms with van der Waals surface area (Å²) in [5.41, 5.74) is 6.96. The standard InChI is InChI=1S/C15H20N2/c1-12(9-16)10-17-11-14-7-4-6-13-5-2-3-8-15(13)14/h2-8,12,17H,9-11,16H2,1H3. The molecule has 2 aromatic carbocycles. The lowest BCUT2D eigenvalue weighted by Gasteiger charge is -2.11. The van der Waals surface area contributed by atoms with Gasteiger partial charge in [-0.3, -0.25) is 0 Å². The van der Waals surface area contributed by atoms with Gasteiger partial charge in [-0.1, -0.05) is 49.4 Å². The molecule has 0 saturated heterocycles. The molecule has 3 N–H and O–H groups in total. The van der Waals surface area contributed by atoms with Crippen LogP contribution in [0.15, 0.2) is 42.5 Å². The van der Waals surface area contributed by atoms with Crippen molar-refractivity contribution in [2.75, 3.05) is 13.1 Å². The molecule has 1 atom stereocenters. The number of benzene rings is 2. The predicted octanol–water partition coefficient (Wildman–Crippen LogP) is 2.52. The van der Waals surface area contributed by atoms with Gasteiger partial charge in [0, 0.05) is 6.54 Å². The third-order valence-corrected chi connectivity index (χ3v) is 3.09. The molecule has 90 valence electrons. The van der Waals surface area contributed by atoms with Crippen molar-refractivity contribution in [3.63, 3.8) is 0 Å². The first-order valence-electron chi connectivity index (χ1n) is 6.18. The van der Waals surface area contributed by atoms with E-state index in [0.717, 1.165) is 19.6 Å². The highest BCUT2D eigenvalue weighted by Crippen LogP contribution is 2.18. The number of nitrogens with two attached hydrogens (primary N) is 1. The lowest BCUT2D eigenvalue weighted by atomic mass is 10.0. The molecule has 0 saturated carbocycles. The van der Waals surface area contributed by atoms with Gasteiger partial charge < -0.3 is 11.1 Å². The number of rotatable bonds is 5. The van der Waals surface area contributed by atoms with E-state index in [2.05, 4.69) is 54.7 Å². The lowest BCUT2D eigenvalue weighted by Crippen LogP contribution is -2.25. The molecule has 2 nitrogen and oxygen atoms in total. The number of nitrogens with one attached hydrogen (secondary N) is 1. The van der Waals surface area contributed by atoms with E-state index >= 15 is 0 Å². The molecule has 0 spiro atoms. The Morgan fingerprint density at radius 1 is 1.12 bits per heavy atom. The zero-order valence-corrected chi connectivity index (χ0v) is 10.3. The summed E-state index contributed by atoms with van der Waals surface area (Å²) < 4.78 is 0. The average molecular weight is 228 g/mol. The third-order valence-electron chi connectivity index (χ3n) is 3.09. The third kappa shape index (κ3) is 3.05. The van der Waals surface area contributed by atoms with Gasteiger partial charge in [0.2, 0.25) is 0 Å². The van der Waals surface area contributed by atoms with Crippen molar-refractivity contribution in [2.24, 2.45) is 11.7 Å². The minimum atomic E-state index is 0.532. The van der Waals surface area contributed by atoms with E-state index in [1.807, 2.05) is 0 Å². The second-order valence-corrected chi connectivity index (χ2v) is 4.61. The Morgan fingerprint density at radius 2 is 1.88 bits per heavy atom. The van der Waals surface area contributed by atoms with Gasteiger partial charge in [0.05, 0.1) is 0 Å². The molecule has 2 rings (SSSR count). The van der Waals surface area contributed by atoms with Crippen molar-refractivity contribution in [3.8, 4) is 0 Å². The Kier molecular flexibility index (Phi) is 4.13. The molecule has 0 aromatic heterocycles. The summed E-state index contributed by atoms with van der Waals surface area (Å²) in [4.78, 5) is 0. The molecule has 2 heteroatoms. The molecule has 17 heavy (non-hydrogen) atoms. The highest BCUT2D eigenvalue weighted by molar-refractivity contribution is 5.85. The SMILES string of the molecule is CC(CN)CNCc1cccc2ccccc12. The molecular formula is C15H20N2. The summed E-state index contributed by atoms with van der Waals surface area (Å²) in [5.74, 6) is 0.532. The van der Waals surface area contributed by atoms with E-state index in [0.29, 0.717) is 5.92 Å². The van der Waals surface area contributed by atoms with Gasteiger partial charge in [-0.05, 0) is 35.3 Å². The molecule has 0 amide bonds. The first-order valence-corrected chi connectivity index (χ1v) is 6.18. The Morgan fingerprint density at radius 3 is 2.71 bits per heavy atom. The number of fused-ring (bicyclic) bond motifs is 1. The average Bonchev–Trinajstić information content (AvgIpc) is 2.39. The zero-order chi connectivity index (χ0) is 12.1. The Bertz CT molecular complexity index is 474. The van der Waals surface area contributed by atoms with Gasteiger partial charge in [-0.25, -0.2) is 0 Å². The van der Waals surface area contributed by atoms with Crippen molar-refractivity contribution in [1.29, 1.82) is 0 Å². The first kappa shape index (κ1) is 12.1. The van der Waals surface area contributed by atoms with Crippen LogP contribution in [0, 0.1) is 5.92 Å². The van der Waals surface area contributed by atoms with Crippen LogP contribution in [0.2, 0.25) is 0 Å². The molecule has 0 bridgehead atoms. The van der Waals surface area contributed by atoms with Gasteiger partial charge in [-0.15, -0.1) is 0 Å². The molecular weight excluding hydrogens is 208 g/mol. The largest absolute Gasteiger partial charge is 0.330 e. The van der Waals surface area contributed by atoms with Crippen LogP contribution in [0.1, 0.15) is 12.5 Å². The van der Waals surface area contributed by atoms with Gasteiger partial charge >= 0.3 is 0 Å². The minimum Gasteiger partial charge on any atom is -0.330 e.